The summed E-state index contributed by atoms with van der Waals surface area (Å²) in [5.41, 5.74) is 0. The summed E-state index contributed by atoms with van der Waals surface area (Å²) in [6.45, 7) is 2.58. The Hall–Kier alpha value is -1.26. The number of unbranched alkanes of at least 4 members (excludes halogenated alkanes) is 1. The van der Waals surface area contributed by atoms with Gasteiger partial charge in [-0.2, -0.15) is 13.2 Å². The largest absolute Gasteiger partial charge is 0.406 e. The van der Waals surface area contributed by atoms with E-state index < -0.39 is 18.6 Å². The average Bonchev–Trinajstić information content (AvgIpc) is 2.22. The number of halogens is 3. The van der Waals surface area contributed by atoms with Crippen molar-refractivity contribution in [3.05, 3.63) is 24.3 Å². The van der Waals surface area contributed by atoms with Crippen molar-refractivity contribution in [2.45, 2.75) is 32.9 Å². The molecule has 0 bridgehead atoms. The van der Waals surface area contributed by atoms with E-state index in [9.17, 15) is 18.0 Å². The van der Waals surface area contributed by atoms with E-state index in [2.05, 4.69) is 0 Å². The zero-order chi connectivity index (χ0) is 13.3. The third kappa shape index (κ3) is 8.54. The van der Waals surface area contributed by atoms with Gasteiger partial charge in [-0.05, 0) is 13.3 Å². The Morgan fingerprint density at radius 3 is 2.41 bits per heavy atom. The molecule has 0 aromatic heterocycles. The molecular weight excluding hydrogens is 231 g/mol. The van der Waals surface area contributed by atoms with Crippen LogP contribution in [0.1, 0.15) is 26.7 Å². The Bertz CT molecular complexity index is 282. The molecule has 0 aliphatic heterocycles. The number of carbonyl (C=O) groups is 1. The van der Waals surface area contributed by atoms with Crippen molar-refractivity contribution in [1.82, 2.24) is 4.90 Å². The van der Waals surface area contributed by atoms with Crippen LogP contribution in [0.5, 0.6) is 0 Å². The van der Waals surface area contributed by atoms with Gasteiger partial charge in [0.15, 0.2) is 0 Å². The molecule has 98 valence electrons. The molecule has 0 fully saturated rings. The lowest BCUT2D eigenvalue weighted by molar-refractivity contribution is -0.158. The van der Waals surface area contributed by atoms with Crippen LogP contribution in [0.25, 0.3) is 0 Å². The fraction of sp³-hybridized carbons (Fsp3) is 0.583. The number of amides is 1. The minimum absolute atomic E-state index is 0.134. The highest BCUT2D eigenvalue weighted by Gasteiger charge is 2.31. The van der Waals surface area contributed by atoms with Crippen LogP contribution in [0.15, 0.2) is 24.3 Å². The van der Waals surface area contributed by atoms with Crippen LogP contribution >= 0.6 is 0 Å². The van der Waals surface area contributed by atoms with Gasteiger partial charge < -0.3 is 4.90 Å². The summed E-state index contributed by atoms with van der Waals surface area (Å²) in [4.78, 5) is 12.3. The summed E-state index contributed by atoms with van der Waals surface area (Å²) >= 11 is 0. The number of carbonyl (C=O) groups excluding carboxylic acids is 1. The fourth-order valence-corrected chi connectivity index (χ4v) is 1.19. The lowest BCUT2D eigenvalue weighted by Crippen LogP contribution is -2.38. The first-order valence-electron chi connectivity index (χ1n) is 5.55. The Labute approximate surface area is 99.8 Å². The van der Waals surface area contributed by atoms with Crippen LogP contribution < -0.4 is 0 Å². The second-order valence-electron chi connectivity index (χ2n) is 3.61. The van der Waals surface area contributed by atoms with Crippen LogP contribution in [-0.2, 0) is 4.79 Å². The van der Waals surface area contributed by atoms with Crippen molar-refractivity contribution >= 4 is 5.91 Å². The molecule has 0 aliphatic carbocycles. The van der Waals surface area contributed by atoms with Gasteiger partial charge in [-0.25, -0.2) is 0 Å². The predicted molar refractivity (Wildman–Crippen MR) is 61.5 cm³/mol. The lowest BCUT2D eigenvalue weighted by atomic mass is 10.3. The molecule has 0 saturated heterocycles. The summed E-state index contributed by atoms with van der Waals surface area (Å²) in [6.07, 6.45) is 2.86. The molecule has 0 atom stereocenters. The number of nitrogens with zero attached hydrogens (tertiary/aromatic N) is 1. The van der Waals surface area contributed by atoms with E-state index in [1.54, 1.807) is 19.1 Å². The molecule has 0 spiro atoms. The predicted octanol–water partition coefficient (Wildman–Crippen LogP) is 3.31. The topological polar surface area (TPSA) is 20.3 Å². The zero-order valence-corrected chi connectivity index (χ0v) is 10.1. The van der Waals surface area contributed by atoms with E-state index in [1.807, 2.05) is 6.92 Å². The third-order valence-electron chi connectivity index (χ3n) is 2.01. The van der Waals surface area contributed by atoms with Gasteiger partial charge in [0.25, 0.3) is 0 Å². The lowest BCUT2D eigenvalue weighted by Gasteiger charge is -2.22. The van der Waals surface area contributed by atoms with Crippen LogP contribution in [0.3, 0.4) is 0 Å². The molecule has 1 amide bonds. The van der Waals surface area contributed by atoms with Gasteiger partial charge >= 0.3 is 6.18 Å². The van der Waals surface area contributed by atoms with Crippen LogP contribution in [0, 0.1) is 0 Å². The van der Waals surface area contributed by atoms with Crippen molar-refractivity contribution in [2.24, 2.45) is 0 Å². The zero-order valence-electron chi connectivity index (χ0n) is 10.1. The molecule has 0 aromatic carbocycles. The van der Waals surface area contributed by atoms with Gasteiger partial charge in [-0.3, -0.25) is 4.79 Å². The molecule has 0 radical (unpaired) electrons. The van der Waals surface area contributed by atoms with Crippen LogP contribution in [0.2, 0.25) is 0 Å². The number of hydrogen-bond donors (Lipinski definition) is 0. The summed E-state index contributed by atoms with van der Waals surface area (Å²) < 4.78 is 36.7. The quantitative estimate of drug-likeness (QED) is 0.522. The van der Waals surface area contributed by atoms with E-state index in [-0.39, 0.29) is 6.54 Å². The molecule has 17 heavy (non-hydrogen) atoms. The average molecular weight is 249 g/mol. The Morgan fingerprint density at radius 1 is 1.29 bits per heavy atom. The van der Waals surface area contributed by atoms with Crippen molar-refractivity contribution in [2.75, 3.05) is 13.1 Å². The molecular formula is C12H18F3NO. The molecule has 0 heterocycles. The Balaban J connectivity index is 4.50. The summed E-state index contributed by atoms with van der Waals surface area (Å²) in [6, 6.07) is 0. The second-order valence-corrected chi connectivity index (χ2v) is 3.61. The minimum atomic E-state index is -4.35. The van der Waals surface area contributed by atoms with Crippen molar-refractivity contribution in [3.63, 3.8) is 0 Å². The van der Waals surface area contributed by atoms with Gasteiger partial charge in [0.05, 0.1) is 0 Å². The van der Waals surface area contributed by atoms with E-state index in [0.717, 1.165) is 17.4 Å². The van der Waals surface area contributed by atoms with Crippen molar-refractivity contribution in [1.29, 1.82) is 0 Å². The summed E-state index contributed by atoms with van der Waals surface area (Å²) in [5, 5.41) is 0. The van der Waals surface area contributed by atoms with Crippen molar-refractivity contribution < 1.29 is 18.0 Å². The van der Waals surface area contributed by atoms with Gasteiger partial charge in [-0.1, -0.05) is 31.6 Å². The highest BCUT2D eigenvalue weighted by Crippen LogP contribution is 2.17. The van der Waals surface area contributed by atoms with E-state index in [4.69, 9.17) is 0 Å². The molecule has 0 saturated carbocycles. The maximum absolute atomic E-state index is 12.2. The molecule has 0 N–H and O–H groups in total. The monoisotopic (exact) mass is 249 g/mol. The first-order valence-corrected chi connectivity index (χ1v) is 5.55. The van der Waals surface area contributed by atoms with E-state index >= 15 is 0 Å². The number of rotatable bonds is 6. The third-order valence-corrected chi connectivity index (χ3v) is 2.01. The maximum atomic E-state index is 12.2. The molecule has 0 rings (SSSR count). The van der Waals surface area contributed by atoms with Gasteiger partial charge in [0.2, 0.25) is 5.91 Å². The Morgan fingerprint density at radius 2 is 1.94 bits per heavy atom. The number of hydrogen-bond acceptors (Lipinski definition) is 1. The van der Waals surface area contributed by atoms with Gasteiger partial charge in [-0.15, -0.1) is 0 Å². The molecule has 0 aromatic rings. The fourth-order valence-electron chi connectivity index (χ4n) is 1.19. The van der Waals surface area contributed by atoms with Gasteiger partial charge in [0.1, 0.15) is 6.54 Å². The normalized spacial score (nSPS) is 12.5. The maximum Gasteiger partial charge on any atom is 0.406 e. The summed E-state index contributed by atoms with van der Waals surface area (Å²) in [5.74, 6) is -0.603. The van der Waals surface area contributed by atoms with Gasteiger partial charge in [0, 0.05) is 12.6 Å². The first kappa shape index (κ1) is 15.7. The van der Waals surface area contributed by atoms with E-state index in [1.165, 1.54) is 6.08 Å². The van der Waals surface area contributed by atoms with E-state index in [0.29, 0.717) is 6.42 Å². The molecule has 0 aliphatic rings. The summed E-state index contributed by atoms with van der Waals surface area (Å²) in [7, 11) is 0. The van der Waals surface area contributed by atoms with Crippen LogP contribution in [-0.4, -0.2) is 30.1 Å². The molecule has 0 unspecified atom stereocenters. The van der Waals surface area contributed by atoms with Crippen molar-refractivity contribution in [3.8, 4) is 0 Å². The number of allylic oxidation sites excluding steroid dienone is 3. The smallest absolute Gasteiger partial charge is 0.330 e. The van der Waals surface area contributed by atoms with Crippen LogP contribution in [0.4, 0.5) is 13.2 Å². The highest BCUT2D eigenvalue weighted by molar-refractivity contribution is 5.87. The molecule has 5 heteroatoms. The SMILES string of the molecule is CC=C/C=C/C(=O)N(CCCC)CC(F)(F)F. The standard InChI is InChI=1S/C12H18F3NO/c1-3-5-7-8-11(17)16(9-6-4-2)10-12(13,14)15/h3,5,7-8H,4,6,9-10H2,1-2H3/b5-3?,8-7+. The highest BCUT2D eigenvalue weighted by atomic mass is 19.4. The number of alkyl halides is 3. The second kappa shape index (κ2) is 7.92. The Kier molecular flexibility index (Phi) is 7.34. The molecule has 2 nitrogen and oxygen atoms in total. The first-order chi connectivity index (χ1) is 7.90. The minimum Gasteiger partial charge on any atom is -0.330 e.